The van der Waals surface area contributed by atoms with E-state index in [0.717, 1.165) is 78.5 Å². The number of benzene rings is 1. The van der Waals surface area contributed by atoms with Crippen molar-refractivity contribution in [2.45, 2.75) is 31.9 Å². The number of hydrogen-bond acceptors (Lipinski definition) is 6. The number of aromatic amines is 1. The summed E-state index contributed by atoms with van der Waals surface area (Å²) in [5, 5.41) is 2.08. The minimum Gasteiger partial charge on any atom is -0.493 e. The number of rotatable bonds is 7. The molecule has 0 bridgehead atoms. The summed E-state index contributed by atoms with van der Waals surface area (Å²) in [7, 11) is -3.45. The first kappa shape index (κ1) is 27.8. The first-order valence-electron chi connectivity index (χ1n) is 13.9. The van der Waals surface area contributed by atoms with Crippen molar-refractivity contribution in [3.05, 3.63) is 60.6 Å². The number of anilines is 1. The quantitative estimate of drug-likeness (QED) is 0.309. The van der Waals surface area contributed by atoms with E-state index in [2.05, 4.69) is 19.9 Å². The van der Waals surface area contributed by atoms with Crippen LogP contribution in [-0.2, 0) is 16.2 Å². The molecule has 1 aromatic carbocycles. The van der Waals surface area contributed by atoms with Gasteiger partial charge in [0.15, 0.2) is 0 Å². The number of nitrogens with one attached hydrogen (secondary N) is 1. The molecule has 1 unspecified atom stereocenters. The van der Waals surface area contributed by atoms with Gasteiger partial charge in [-0.3, -0.25) is 4.98 Å². The number of nitrogens with zero attached hydrogens (tertiary/aromatic N) is 4. The maximum Gasteiger partial charge on any atom is 0.416 e. The number of sulfonamides is 1. The molecule has 2 fully saturated rings. The molecule has 5 heterocycles. The van der Waals surface area contributed by atoms with Gasteiger partial charge in [0.2, 0.25) is 10.0 Å². The van der Waals surface area contributed by atoms with Gasteiger partial charge < -0.3 is 14.6 Å². The molecule has 41 heavy (non-hydrogen) atoms. The predicted molar refractivity (Wildman–Crippen MR) is 151 cm³/mol. The summed E-state index contributed by atoms with van der Waals surface area (Å²) in [4.78, 5) is 14.4. The van der Waals surface area contributed by atoms with Crippen molar-refractivity contribution in [1.82, 2.24) is 19.3 Å². The van der Waals surface area contributed by atoms with Crippen LogP contribution in [0, 0.1) is 11.8 Å². The van der Waals surface area contributed by atoms with Crippen molar-refractivity contribution in [1.29, 1.82) is 0 Å². The lowest BCUT2D eigenvalue weighted by Crippen LogP contribution is -2.45. The Kier molecular flexibility index (Phi) is 7.54. The average molecular weight is 588 g/mol. The number of halogens is 3. The molecule has 3 aromatic heterocycles. The van der Waals surface area contributed by atoms with Crippen LogP contribution in [0.2, 0.25) is 0 Å². The van der Waals surface area contributed by atoms with E-state index in [4.69, 9.17) is 4.74 Å². The van der Waals surface area contributed by atoms with Crippen molar-refractivity contribution < 1.29 is 26.3 Å². The van der Waals surface area contributed by atoms with E-state index < -0.39 is 21.8 Å². The van der Waals surface area contributed by atoms with E-state index in [1.807, 2.05) is 18.3 Å². The summed E-state index contributed by atoms with van der Waals surface area (Å²) in [6, 6.07) is 8.63. The number of aromatic nitrogens is 3. The SMILES string of the molecule is O=S(=O)(CC1CCN(c2ccnc3cnc4[nH]ccc4c23)CC1)N1CCCC(COc2ccc(C(F)(F)F)cc2)C1. The highest BCUT2D eigenvalue weighted by molar-refractivity contribution is 7.89. The van der Waals surface area contributed by atoms with E-state index in [0.29, 0.717) is 18.8 Å². The van der Waals surface area contributed by atoms with Crippen LogP contribution in [0.3, 0.4) is 0 Å². The van der Waals surface area contributed by atoms with Crippen LogP contribution in [0.15, 0.2) is 55.0 Å². The van der Waals surface area contributed by atoms with Gasteiger partial charge in [-0.2, -0.15) is 13.2 Å². The maximum atomic E-state index is 13.4. The van der Waals surface area contributed by atoms with Gasteiger partial charge in [0.25, 0.3) is 0 Å². The molecule has 2 saturated heterocycles. The second-order valence-corrected chi connectivity index (χ2v) is 13.0. The van der Waals surface area contributed by atoms with Crippen molar-refractivity contribution in [3.63, 3.8) is 0 Å². The minimum absolute atomic E-state index is 0.0117. The predicted octanol–water partition coefficient (Wildman–Crippen LogP) is 5.47. The van der Waals surface area contributed by atoms with Crippen LogP contribution >= 0.6 is 0 Å². The highest BCUT2D eigenvalue weighted by atomic mass is 32.2. The van der Waals surface area contributed by atoms with E-state index >= 15 is 0 Å². The van der Waals surface area contributed by atoms with Crippen molar-refractivity contribution >= 4 is 37.6 Å². The summed E-state index contributed by atoms with van der Waals surface area (Å²) in [6.45, 7) is 2.64. The molecule has 0 radical (unpaired) electrons. The Morgan fingerprint density at radius 2 is 1.76 bits per heavy atom. The van der Waals surface area contributed by atoms with Gasteiger partial charge in [0.1, 0.15) is 11.4 Å². The first-order valence-corrected chi connectivity index (χ1v) is 15.5. The summed E-state index contributed by atoms with van der Waals surface area (Å²) < 4.78 is 72.5. The maximum absolute atomic E-state index is 13.4. The largest absolute Gasteiger partial charge is 0.493 e. The van der Waals surface area contributed by atoms with Crippen LogP contribution in [0.25, 0.3) is 21.9 Å². The van der Waals surface area contributed by atoms with Gasteiger partial charge in [0, 0.05) is 61.0 Å². The molecule has 0 saturated carbocycles. The number of hydrogen-bond donors (Lipinski definition) is 1. The van der Waals surface area contributed by atoms with Crippen LogP contribution in [0.1, 0.15) is 31.2 Å². The lowest BCUT2D eigenvalue weighted by molar-refractivity contribution is -0.137. The van der Waals surface area contributed by atoms with Crippen molar-refractivity contribution in [2.75, 3.05) is 43.4 Å². The number of fused-ring (bicyclic) bond motifs is 3. The monoisotopic (exact) mass is 587 g/mol. The molecule has 0 aliphatic carbocycles. The van der Waals surface area contributed by atoms with Crippen molar-refractivity contribution in [2.24, 2.45) is 11.8 Å². The molecule has 1 atom stereocenters. The fourth-order valence-electron chi connectivity index (χ4n) is 6.01. The third-order valence-corrected chi connectivity index (χ3v) is 10.2. The molecular weight excluding hydrogens is 555 g/mol. The summed E-state index contributed by atoms with van der Waals surface area (Å²) in [5.74, 6) is 0.529. The van der Waals surface area contributed by atoms with Gasteiger partial charge in [-0.1, -0.05) is 0 Å². The topological polar surface area (TPSA) is 91.4 Å². The number of ether oxygens (including phenoxy) is 1. The summed E-state index contributed by atoms with van der Waals surface area (Å²) >= 11 is 0. The Bertz CT molecular complexity index is 1620. The molecular formula is C29H32F3N5O3S. The van der Waals surface area contributed by atoms with Gasteiger partial charge >= 0.3 is 6.18 Å². The van der Waals surface area contributed by atoms with E-state index in [9.17, 15) is 21.6 Å². The third-order valence-electron chi connectivity index (χ3n) is 8.21. The molecule has 6 rings (SSSR count). The lowest BCUT2D eigenvalue weighted by atomic mass is 9.98. The minimum atomic E-state index is -4.40. The van der Waals surface area contributed by atoms with Crippen LogP contribution in [0.4, 0.5) is 18.9 Å². The normalized spacial score (nSPS) is 19.7. The molecule has 2 aliphatic heterocycles. The zero-order valence-corrected chi connectivity index (χ0v) is 23.3. The van der Waals surface area contributed by atoms with Gasteiger partial charge in [-0.25, -0.2) is 17.7 Å². The zero-order chi connectivity index (χ0) is 28.6. The number of H-pyrrole nitrogens is 1. The second kappa shape index (κ2) is 11.1. The smallest absolute Gasteiger partial charge is 0.416 e. The van der Waals surface area contributed by atoms with Crippen LogP contribution in [0.5, 0.6) is 5.75 Å². The van der Waals surface area contributed by atoms with Crippen LogP contribution < -0.4 is 9.64 Å². The standard InChI is InChI=1S/C29H32F3N5O3S/c30-29(31,32)22-3-5-23(6-4-22)40-18-21-2-1-13-37(17-21)41(38,39)19-20-9-14-36(15-10-20)26-8-12-33-25-16-35-28-24(27(25)26)7-11-34-28/h3-8,11-12,16,20-21H,1-2,9-10,13-15,17-19H2,(H,34,35). The van der Waals surface area contributed by atoms with Gasteiger partial charge in [0.05, 0.1) is 29.6 Å². The highest BCUT2D eigenvalue weighted by Gasteiger charge is 2.33. The molecule has 2 aliphatic rings. The Balaban J connectivity index is 1.04. The summed E-state index contributed by atoms with van der Waals surface area (Å²) in [5.41, 5.74) is 2.02. The fourth-order valence-corrected chi connectivity index (χ4v) is 8.00. The molecule has 1 N–H and O–H groups in total. The van der Waals surface area contributed by atoms with Crippen LogP contribution in [-0.4, -0.2) is 66.2 Å². The van der Waals surface area contributed by atoms with E-state index in [1.54, 1.807) is 16.7 Å². The second-order valence-electron chi connectivity index (χ2n) is 11.0. The Morgan fingerprint density at radius 3 is 2.51 bits per heavy atom. The molecule has 8 nitrogen and oxygen atoms in total. The van der Waals surface area contributed by atoms with Gasteiger partial charge in [-0.15, -0.1) is 0 Å². The van der Waals surface area contributed by atoms with E-state index in [-0.39, 0.29) is 24.2 Å². The zero-order valence-electron chi connectivity index (χ0n) is 22.5. The molecule has 12 heteroatoms. The highest BCUT2D eigenvalue weighted by Crippen LogP contribution is 2.34. The number of alkyl halides is 3. The van der Waals surface area contributed by atoms with Gasteiger partial charge in [-0.05, 0) is 68.0 Å². The Morgan fingerprint density at radius 1 is 0.976 bits per heavy atom. The average Bonchev–Trinajstić information content (AvgIpc) is 3.45. The molecule has 218 valence electrons. The number of piperidine rings is 2. The third kappa shape index (κ3) is 5.99. The fraction of sp³-hybridized carbons (Fsp3) is 0.448. The van der Waals surface area contributed by atoms with Crippen molar-refractivity contribution in [3.8, 4) is 5.75 Å². The van der Waals surface area contributed by atoms with E-state index in [1.165, 1.54) is 12.1 Å². The number of pyridine rings is 2. The Hall–Kier alpha value is -3.38. The molecule has 0 spiro atoms. The first-order chi connectivity index (χ1) is 19.7. The lowest BCUT2D eigenvalue weighted by Gasteiger charge is -2.36. The molecule has 0 amide bonds. The molecule has 4 aromatic rings. The summed E-state index contributed by atoms with van der Waals surface area (Å²) in [6.07, 6.45) is 4.15. The Labute approximate surface area is 236 Å².